The van der Waals surface area contributed by atoms with Crippen molar-refractivity contribution in [2.75, 3.05) is 13.7 Å². The van der Waals surface area contributed by atoms with E-state index < -0.39 is 0 Å². The standard InChI is InChI=1S/C22H25NO5/c1-15-10-18(15)22(25)28-14-21(24)23-12-17-8-9-19(20(11-17)26-2)27-13-16-6-4-3-5-7-16/h3-9,11,15,18H,10,12-14H2,1-2H3,(H,23,24)/t15-,18+/m1/s1. The van der Waals surface area contributed by atoms with Crippen LogP contribution < -0.4 is 14.8 Å². The van der Waals surface area contributed by atoms with Crippen LogP contribution in [0.4, 0.5) is 0 Å². The number of rotatable bonds is 9. The quantitative estimate of drug-likeness (QED) is 0.674. The number of hydrogen-bond donors (Lipinski definition) is 1. The molecule has 0 bridgehead atoms. The minimum Gasteiger partial charge on any atom is -0.493 e. The minimum atomic E-state index is -0.329. The van der Waals surface area contributed by atoms with Crippen molar-refractivity contribution in [1.82, 2.24) is 5.32 Å². The van der Waals surface area contributed by atoms with Crippen molar-refractivity contribution < 1.29 is 23.8 Å². The highest BCUT2D eigenvalue weighted by molar-refractivity contribution is 5.82. The lowest BCUT2D eigenvalue weighted by atomic mass is 10.2. The van der Waals surface area contributed by atoms with Crippen LogP contribution in [0.3, 0.4) is 0 Å². The van der Waals surface area contributed by atoms with Crippen molar-refractivity contribution in [3.63, 3.8) is 0 Å². The first kappa shape index (κ1) is 19.7. The van der Waals surface area contributed by atoms with Gasteiger partial charge in [0.05, 0.1) is 13.0 Å². The maximum absolute atomic E-state index is 11.9. The molecule has 2 atom stereocenters. The van der Waals surface area contributed by atoms with Gasteiger partial charge < -0.3 is 19.5 Å². The summed E-state index contributed by atoms with van der Waals surface area (Å²) in [6, 6.07) is 15.4. The number of esters is 1. The number of nitrogens with one attached hydrogen (secondary N) is 1. The molecule has 1 fully saturated rings. The Morgan fingerprint density at radius 3 is 2.50 bits per heavy atom. The van der Waals surface area contributed by atoms with Crippen LogP contribution >= 0.6 is 0 Å². The summed E-state index contributed by atoms with van der Waals surface area (Å²) in [5, 5.41) is 2.74. The van der Waals surface area contributed by atoms with E-state index in [1.165, 1.54) is 0 Å². The molecular weight excluding hydrogens is 358 g/mol. The summed E-state index contributed by atoms with van der Waals surface area (Å²) in [7, 11) is 1.57. The summed E-state index contributed by atoms with van der Waals surface area (Å²) >= 11 is 0. The summed E-state index contributed by atoms with van der Waals surface area (Å²) < 4.78 is 16.3. The first-order chi connectivity index (χ1) is 13.6. The third-order valence-electron chi connectivity index (χ3n) is 4.71. The van der Waals surface area contributed by atoms with Gasteiger partial charge in [-0.2, -0.15) is 0 Å². The zero-order valence-electron chi connectivity index (χ0n) is 16.1. The third-order valence-corrected chi connectivity index (χ3v) is 4.71. The smallest absolute Gasteiger partial charge is 0.309 e. The van der Waals surface area contributed by atoms with Gasteiger partial charge in [-0.3, -0.25) is 9.59 Å². The van der Waals surface area contributed by atoms with Gasteiger partial charge in [-0.25, -0.2) is 0 Å². The highest BCUT2D eigenvalue weighted by Crippen LogP contribution is 2.38. The van der Waals surface area contributed by atoms with Crippen molar-refractivity contribution >= 4 is 11.9 Å². The second kappa shape index (κ2) is 9.26. The maximum atomic E-state index is 11.9. The SMILES string of the molecule is COc1cc(CNC(=O)COC(=O)[C@H]2C[C@H]2C)ccc1OCc1ccccc1. The van der Waals surface area contributed by atoms with Gasteiger partial charge in [0, 0.05) is 6.54 Å². The molecule has 2 aromatic rings. The van der Waals surface area contributed by atoms with Gasteiger partial charge in [0.25, 0.3) is 5.91 Å². The second-order valence-electron chi connectivity index (χ2n) is 6.96. The van der Waals surface area contributed by atoms with E-state index >= 15 is 0 Å². The monoisotopic (exact) mass is 383 g/mol. The van der Waals surface area contributed by atoms with Crippen molar-refractivity contribution in [1.29, 1.82) is 0 Å². The Morgan fingerprint density at radius 2 is 1.82 bits per heavy atom. The van der Waals surface area contributed by atoms with Crippen LogP contribution in [0.1, 0.15) is 24.5 Å². The molecule has 1 N–H and O–H groups in total. The largest absolute Gasteiger partial charge is 0.493 e. The Hall–Kier alpha value is -3.02. The lowest BCUT2D eigenvalue weighted by molar-refractivity contribution is -0.150. The molecule has 0 aliphatic heterocycles. The Balaban J connectivity index is 1.47. The Kier molecular flexibility index (Phi) is 6.53. The molecule has 0 heterocycles. The van der Waals surface area contributed by atoms with Crippen molar-refractivity contribution in [2.45, 2.75) is 26.5 Å². The first-order valence-electron chi connectivity index (χ1n) is 9.34. The van der Waals surface area contributed by atoms with E-state index in [0.717, 1.165) is 17.5 Å². The van der Waals surface area contributed by atoms with Crippen LogP contribution in [0.25, 0.3) is 0 Å². The normalized spacial score (nSPS) is 17.5. The number of carbonyl (C=O) groups excluding carboxylic acids is 2. The predicted molar refractivity (Wildman–Crippen MR) is 104 cm³/mol. The second-order valence-corrected chi connectivity index (χ2v) is 6.96. The zero-order valence-corrected chi connectivity index (χ0v) is 16.1. The number of hydrogen-bond acceptors (Lipinski definition) is 5. The number of carbonyl (C=O) groups is 2. The molecule has 0 unspecified atom stereocenters. The highest BCUT2D eigenvalue weighted by atomic mass is 16.5. The zero-order chi connectivity index (χ0) is 19.9. The summed E-state index contributed by atoms with van der Waals surface area (Å²) in [6.07, 6.45) is 0.846. The fraction of sp³-hybridized carbons (Fsp3) is 0.364. The van der Waals surface area contributed by atoms with Gasteiger partial charge in [-0.15, -0.1) is 0 Å². The molecule has 0 aromatic heterocycles. The number of ether oxygens (including phenoxy) is 3. The van der Waals surface area contributed by atoms with Gasteiger partial charge in [0.15, 0.2) is 18.1 Å². The fourth-order valence-corrected chi connectivity index (χ4v) is 2.82. The highest BCUT2D eigenvalue weighted by Gasteiger charge is 2.40. The predicted octanol–water partition coefficient (Wildman–Crippen LogP) is 3.09. The van der Waals surface area contributed by atoms with Gasteiger partial charge in [0.2, 0.25) is 0 Å². The average Bonchev–Trinajstić information content (AvgIpc) is 3.46. The number of methoxy groups -OCH3 is 1. The Morgan fingerprint density at radius 1 is 1.07 bits per heavy atom. The van der Waals surface area contributed by atoms with Gasteiger partial charge >= 0.3 is 5.97 Å². The van der Waals surface area contributed by atoms with E-state index in [9.17, 15) is 9.59 Å². The van der Waals surface area contributed by atoms with Crippen LogP contribution in [0.5, 0.6) is 11.5 Å². The Labute approximate surface area is 164 Å². The molecule has 1 aliphatic rings. The minimum absolute atomic E-state index is 0.0412. The molecule has 1 amide bonds. The summed E-state index contributed by atoms with van der Waals surface area (Å²) in [5.41, 5.74) is 1.93. The fourth-order valence-electron chi connectivity index (χ4n) is 2.82. The average molecular weight is 383 g/mol. The molecule has 6 heteroatoms. The number of benzene rings is 2. The molecular formula is C22H25NO5. The van der Waals surface area contributed by atoms with E-state index in [0.29, 0.717) is 30.6 Å². The van der Waals surface area contributed by atoms with Crippen LogP contribution in [-0.4, -0.2) is 25.6 Å². The van der Waals surface area contributed by atoms with Gasteiger partial charge in [0.1, 0.15) is 6.61 Å². The maximum Gasteiger partial charge on any atom is 0.309 e. The van der Waals surface area contributed by atoms with E-state index in [-0.39, 0.29) is 24.4 Å². The van der Waals surface area contributed by atoms with Crippen LogP contribution in [0, 0.1) is 11.8 Å². The van der Waals surface area contributed by atoms with E-state index in [1.54, 1.807) is 7.11 Å². The lowest BCUT2D eigenvalue weighted by Gasteiger charge is -2.13. The van der Waals surface area contributed by atoms with Crippen LogP contribution in [0.15, 0.2) is 48.5 Å². The lowest BCUT2D eigenvalue weighted by Crippen LogP contribution is -2.28. The third kappa shape index (κ3) is 5.49. The van der Waals surface area contributed by atoms with Gasteiger partial charge in [-0.1, -0.05) is 43.3 Å². The molecule has 1 saturated carbocycles. The molecule has 0 saturated heterocycles. The molecule has 148 valence electrons. The van der Waals surface area contributed by atoms with E-state index in [1.807, 2.05) is 55.5 Å². The molecule has 0 radical (unpaired) electrons. The summed E-state index contributed by atoms with van der Waals surface area (Å²) in [4.78, 5) is 23.5. The molecule has 1 aliphatic carbocycles. The summed E-state index contributed by atoms with van der Waals surface area (Å²) in [5.74, 6) is 0.936. The number of amides is 1. The van der Waals surface area contributed by atoms with Crippen LogP contribution in [-0.2, 0) is 27.5 Å². The van der Waals surface area contributed by atoms with Crippen molar-refractivity contribution in [3.05, 3.63) is 59.7 Å². The molecule has 28 heavy (non-hydrogen) atoms. The summed E-state index contributed by atoms with van der Waals surface area (Å²) in [6.45, 7) is 2.49. The van der Waals surface area contributed by atoms with Crippen molar-refractivity contribution in [3.8, 4) is 11.5 Å². The molecule has 3 rings (SSSR count). The first-order valence-corrected chi connectivity index (χ1v) is 9.34. The Bertz CT molecular complexity index is 821. The van der Waals surface area contributed by atoms with E-state index in [4.69, 9.17) is 14.2 Å². The van der Waals surface area contributed by atoms with Crippen LogP contribution in [0.2, 0.25) is 0 Å². The molecule has 0 spiro atoms. The van der Waals surface area contributed by atoms with Gasteiger partial charge in [-0.05, 0) is 35.6 Å². The molecule has 2 aromatic carbocycles. The van der Waals surface area contributed by atoms with Crippen molar-refractivity contribution in [2.24, 2.45) is 11.8 Å². The van der Waals surface area contributed by atoms with E-state index in [2.05, 4.69) is 5.32 Å². The molecule has 6 nitrogen and oxygen atoms in total. The topological polar surface area (TPSA) is 73.9 Å².